The zero-order valence-corrected chi connectivity index (χ0v) is 11.2. The number of carboxylic acid groups (broad SMARTS) is 1. The summed E-state index contributed by atoms with van der Waals surface area (Å²) in [6.45, 7) is 0.613. The van der Waals surface area contributed by atoms with E-state index in [1.165, 1.54) is 4.90 Å². The summed E-state index contributed by atoms with van der Waals surface area (Å²) in [7, 11) is 0. The molecule has 0 unspecified atom stereocenters. The maximum absolute atomic E-state index is 12.5. The van der Waals surface area contributed by atoms with Crippen molar-refractivity contribution >= 4 is 11.9 Å². The summed E-state index contributed by atoms with van der Waals surface area (Å²) in [6, 6.07) is 6.08. The number of hydrogen-bond acceptors (Lipinski definition) is 5. The first-order valence-electron chi connectivity index (χ1n) is 6.66. The van der Waals surface area contributed by atoms with Crippen LogP contribution in [0.25, 0.3) is 0 Å². The maximum atomic E-state index is 12.5. The van der Waals surface area contributed by atoms with Gasteiger partial charge in [-0.2, -0.15) is 0 Å². The Bertz CT molecular complexity index is 560. The number of rotatable bonds is 2. The van der Waals surface area contributed by atoms with E-state index in [4.69, 9.17) is 19.3 Å². The molecule has 0 aromatic heterocycles. The largest absolute Gasteiger partial charge is 0.485 e. The van der Waals surface area contributed by atoms with Gasteiger partial charge in [-0.1, -0.05) is 12.1 Å². The number of morpholine rings is 1. The van der Waals surface area contributed by atoms with E-state index >= 15 is 0 Å². The third kappa shape index (κ3) is 2.64. The van der Waals surface area contributed by atoms with E-state index in [9.17, 15) is 9.59 Å². The molecule has 7 heteroatoms. The summed E-state index contributed by atoms with van der Waals surface area (Å²) < 4.78 is 16.2. The SMILES string of the molecule is O=C(O)[C@@H]1COCCN1C(=O)[C@H]1COc2ccccc2O1. The number of amides is 1. The standard InChI is InChI=1S/C14H15NO6/c16-13(15-5-6-19-7-9(15)14(17)18)12-8-20-10-3-1-2-4-11(10)21-12/h1-4,9,12H,5-8H2,(H,17,18)/t9-,12+/m0/s1. The van der Waals surface area contributed by atoms with Gasteiger partial charge in [-0.15, -0.1) is 0 Å². The first-order valence-corrected chi connectivity index (χ1v) is 6.66. The summed E-state index contributed by atoms with van der Waals surface area (Å²) in [4.78, 5) is 25.0. The van der Waals surface area contributed by atoms with Gasteiger partial charge in [-0.25, -0.2) is 4.79 Å². The summed E-state index contributed by atoms with van der Waals surface area (Å²) in [5.41, 5.74) is 0. The summed E-state index contributed by atoms with van der Waals surface area (Å²) in [5.74, 6) is -0.402. The molecule has 1 fully saturated rings. The van der Waals surface area contributed by atoms with Crippen LogP contribution in [0.15, 0.2) is 24.3 Å². The number of ether oxygens (including phenoxy) is 3. The molecule has 2 aliphatic rings. The highest BCUT2D eigenvalue weighted by molar-refractivity contribution is 5.87. The molecule has 2 aliphatic heterocycles. The topological polar surface area (TPSA) is 85.3 Å². The normalized spacial score (nSPS) is 24.5. The van der Waals surface area contributed by atoms with Crippen LogP contribution in [-0.4, -0.2) is 60.4 Å². The second-order valence-corrected chi connectivity index (χ2v) is 4.82. The van der Waals surface area contributed by atoms with Gasteiger partial charge in [0.25, 0.3) is 5.91 Å². The summed E-state index contributed by atoms with van der Waals surface area (Å²) in [5, 5.41) is 9.17. The van der Waals surface area contributed by atoms with E-state index in [0.717, 1.165) is 0 Å². The van der Waals surface area contributed by atoms with Crippen LogP contribution in [0.5, 0.6) is 11.5 Å². The predicted molar refractivity (Wildman–Crippen MR) is 70.3 cm³/mol. The van der Waals surface area contributed by atoms with E-state index in [0.29, 0.717) is 18.1 Å². The molecule has 2 atom stereocenters. The van der Waals surface area contributed by atoms with Crippen molar-refractivity contribution in [3.63, 3.8) is 0 Å². The Morgan fingerprint density at radius 3 is 2.71 bits per heavy atom. The molecule has 0 bridgehead atoms. The quantitative estimate of drug-likeness (QED) is 0.835. The van der Waals surface area contributed by atoms with Crippen LogP contribution < -0.4 is 9.47 Å². The minimum atomic E-state index is -1.08. The molecule has 1 N–H and O–H groups in total. The van der Waals surface area contributed by atoms with E-state index < -0.39 is 18.1 Å². The van der Waals surface area contributed by atoms with Crippen LogP contribution in [0.1, 0.15) is 0 Å². The lowest BCUT2D eigenvalue weighted by molar-refractivity contribution is -0.163. The number of para-hydroxylation sites is 2. The third-order valence-electron chi connectivity index (χ3n) is 3.48. The maximum Gasteiger partial charge on any atom is 0.328 e. The predicted octanol–water partition coefficient (Wildman–Crippen LogP) is 0.138. The third-order valence-corrected chi connectivity index (χ3v) is 3.48. The summed E-state index contributed by atoms with van der Waals surface area (Å²) >= 11 is 0. The molecular formula is C14H15NO6. The smallest absolute Gasteiger partial charge is 0.328 e. The molecule has 0 radical (unpaired) electrons. The minimum absolute atomic E-state index is 0.00869. The van der Waals surface area contributed by atoms with Gasteiger partial charge in [-0.3, -0.25) is 4.79 Å². The van der Waals surface area contributed by atoms with Crippen LogP contribution in [0.2, 0.25) is 0 Å². The van der Waals surface area contributed by atoms with Crippen molar-refractivity contribution in [2.45, 2.75) is 12.1 Å². The van der Waals surface area contributed by atoms with Gasteiger partial charge in [0.2, 0.25) is 6.10 Å². The molecule has 1 amide bonds. The highest BCUT2D eigenvalue weighted by Gasteiger charge is 2.38. The van der Waals surface area contributed by atoms with E-state index in [-0.39, 0.29) is 25.7 Å². The van der Waals surface area contributed by atoms with Crippen molar-refractivity contribution in [1.29, 1.82) is 0 Å². The summed E-state index contributed by atoms with van der Waals surface area (Å²) in [6.07, 6.45) is -0.833. The number of carbonyl (C=O) groups excluding carboxylic acids is 1. The molecule has 3 rings (SSSR count). The minimum Gasteiger partial charge on any atom is -0.485 e. The Kier molecular flexibility index (Phi) is 3.66. The average Bonchev–Trinajstić information content (AvgIpc) is 2.53. The van der Waals surface area contributed by atoms with Crippen LogP contribution in [0, 0.1) is 0 Å². The lowest BCUT2D eigenvalue weighted by atomic mass is 10.2. The lowest BCUT2D eigenvalue weighted by Crippen LogP contribution is -2.57. The average molecular weight is 293 g/mol. The van der Waals surface area contributed by atoms with Gasteiger partial charge < -0.3 is 24.2 Å². The molecule has 0 aliphatic carbocycles. The molecule has 112 valence electrons. The van der Waals surface area contributed by atoms with Crippen LogP contribution in [0.3, 0.4) is 0 Å². The second kappa shape index (κ2) is 5.61. The second-order valence-electron chi connectivity index (χ2n) is 4.82. The number of fused-ring (bicyclic) bond motifs is 1. The molecule has 7 nitrogen and oxygen atoms in total. The number of nitrogens with zero attached hydrogens (tertiary/aromatic N) is 1. The highest BCUT2D eigenvalue weighted by atomic mass is 16.6. The van der Waals surface area contributed by atoms with Crippen molar-refractivity contribution in [2.75, 3.05) is 26.4 Å². The van der Waals surface area contributed by atoms with Crippen molar-refractivity contribution in [2.24, 2.45) is 0 Å². The van der Waals surface area contributed by atoms with Gasteiger partial charge in [0.05, 0.1) is 13.2 Å². The van der Waals surface area contributed by atoms with E-state index in [1.807, 2.05) is 6.07 Å². The van der Waals surface area contributed by atoms with Crippen molar-refractivity contribution in [1.82, 2.24) is 4.90 Å². The Labute approximate surface area is 121 Å². The van der Waals surface area contributed by atoms with Gasteiger partial charge in [0, 0.05) is 6.54 Å². The Morgan fingerprint density at radius 1 is 1.19 bits per heavy atom. The van der Waals surface area contributed by atoms with Gasteiger partial charge >= 0.3 is 5.97 Å². The molecule has 0 saturated carbocycles. The van der Waals surface area contributed by atoms with Gasteiger partial charge in [0.1, 0.15) is 6.61 Å². The first kappa shape index (κ1) is 13.7. The Balaban J connectivity index is 1.75. The zero-order chi connectivity index (χ0) is 14.8. The van der Waals surface area contributed by atoms with Crippen LogP contribution >= 0.6 is 0 Å². The van der Waals surface area contributed by atoms with Crippen LogP contribution in [0.4, 0.5) is 0 Å². The monoisotopic (exact) mass is 293 g/mol. The molecular weight excluding hydrogens is 278 g/mol. The number of carboxylic acids is 1. The molecule has 1 aromatic carbocycles. The first-order chi connectivity index (χ1) is 10.2. The van der Waals surface area contributed by atoms with E-state index in [1.54, 1.807) is 18.2 Å². The van der Waals surface area contributed by atoms with Gasteiger partial charge in [0.15, 0.2) is 17.5 Å². The molecule has 21 heavy (non-hydrogen) atoms. The number of benzene rings is 1. The highest BCUT2D eigenvalue weighted by Crippen LogP contribution is 2.31. The van der Waals surface area contributed by atoms with Crippen molar-refractivity contribution < 1.29 is 28.9 Å². The molecule has 0 spiro atoms. The van der Waals surface area contributed by atoms with Crippen molar-refractivity contribution in [3.05, 3.63) is 24.3 Å². The fourth-order valence-electron chi connectivity index (χ4n) is 2.40. The lowest BCUT2D eigenvalue weighted by Gasteiger charge is -2.36. The van der Waals surface area contributed by atoms with Crippen molar-refractivity contribution in [3.8, 4) is 11.5 Å². The van der Waals surface area contributed by atoms with E-state index in [2.05, 4.69) is 0 Å². The van der Waals surface area contributed by atoms with Gasteiger partial charge in [-0.05, 0) is 12.1 Å². The fourth-order valence-corrected chi connectivity index (χ4v) is 2.40. The number of aliphatic carboxylic acids is 1. The number of carbonyl (C=O) groups is 2. The van der Waals surface area contributed by atoms with Crippen LogP contribution in [-0.2, 0) is 14.3 Å². The molecule has 1 saturated heterocycles. The Hall–Kier alpha value is -2.28. The molecule has 1 aromatic rings. The fraction of sp³-hybridized carbons (Fsp3) is 0.429. The zero-order valence-electron chi connectivity index (χ0n) is 11.2. The molecule has 2 heterocycles. The Morgan fingerprint density at radius 2 is 1.95 bits per heavy atom. The number of hydrogen-bond donors (Lipinski definition) is 1.